The van der Waals surface area contributed by atoms with Crippen molar-refractivity contribution in [1.29, 1.82) is 0 Å². The van der Waals surface area contributed by atoms with Crippen molar-refractivity contribution < 1.29 is 53.5 Å². The van der Waals surface area contributed by atoms with Crippen LogP contribution in [0.1, 0.15) is 98.2 Å². The van der Waals surface area contributed by atoms with Gasteiger partial charge in [0.2, 0.25) is 46.6 Å². The molecule has 11 aromatic carbocycles. The number of aryl methyl sites for hydroxylation is 8. The maximum Gasteiger partial charge on any atom is 0.294 e. The van der Waals surface area contributed by atoms with E-state index in [0.29, 0.717) is 62.9 Å². The molecular formula is C115H98F4N12O4+4. The predicted molar refractivity (Wildman–Crippen MR) is 527 cm³/mol. The Kier molecular flexibility index (Phi) is 22.8. The molecule has 0 aliphatic rings. The molecule has 0 amide bonds. The van der Waals surface area contributed by atoms with Crippen LogP contribution in [0.3, 0.4) is 0 Å². The molecule has 0 aliphatic carbocycles. The third-order valence-corrected chi connectivity index (χ3v) is 25.7. The second-order valence-corrected chi connectivity index (χ2v) is 35.5. The number of furan rings is 4. The van der Waals surface area contributed by atoms with Crippen molar-refractivity contribution in [1.82, 2.24) is 38.2 Å². The zero-order valence-electron chi connectivity index (χ0n) is 77.3. The lowest BCUT2D eigenvalue weighted by molar-refractivity contribution is -0.659. The summed E-state index contributed by atoms with van der Waals surface area (Å²) in [5.74, 6) is 3.17. The highest BCUT2D eigenvalue weighted by molar-refractivity contribution is 6.08. The highest BCUT2D eigenvalue weighted by atomic mass is 19.1. The predicted octanol–water partition coefficient (Wildman–Crippen LogP) is 27.2. The molecule has 0 radical (unpaired) electrons. The van der Waals surface area contributed by atoms with Crippen LogP contribution < -0.4 is 18.3 Å². The number of imidazole rings is 4. The molecular weight excluding hydrogens is 1690 g/mol. The molecule has 16 nitrogen and oxygen atoms in total. The molecule has 12 heterocycles. The standard InChI is InChI=1S/C34H25FN3O.C28H21FN3O.C28H29FN3O.C25H23FN3O/c1-22-20-29-27-16-17-31(35)36-33(27)39-30(29)21-28(22)34-37(2)18-19-38(34)32-25(23-10-5-3-6-11-23)14-9-15-26(32)24-12-7-4-8-13-24;1-18-16-23-21-12-13-26(29)30-27(21)33-25(23)17-22(18)28-31(2)14-15-32(28)24-11-7-6-10-20(24)19-8-4-3-5-9-19;1-16(2)19-8-7-9-20(17(3)4)26(19)32-13-12-31(6)28(32)22-15-24-23(14-18(22)5)21-10-11-25(29)30-27(21)33-24;1-15(2)17-7-5-6-8-21(17)29-12-11-28(4)25(29)19-14-22-20(13-16(19)3)18-9-10-23(26)27-24(18)30-22/h3-21H,1-2H3;3-17H,1-2H3;7-17H,1-6H3;5-15H,1-4H3/q4*+1. The van der Waals surface area contributed by atoms with Gasteiger partial charge in [-0.05, 0) is 194 Å². The van der Waals surface area contributed by atoms with E-state index in [1.165, 1.54) is 46.6 Å². The molecule has 135 heavy (non-hydrogen) atoms. The van der Waals surface area contributed by atoms with Gasteiger partial charge in [-0.15, -0.1) is 0 Å². The van der Waals surface area contributed by atoms with E-state index in [1.807, 2.05) is 50.5 Å². The Morgan fingerprint density at radius 1 is 0.252 bits per heavy atom. The molecule has 0 bridgehead atoms. The molecule has 666 valence electrons. The van der Waals surface area contributed by atoms with E-state index in [2.05, 4.69) is 377 Å². The van der Waals surface area contributed by atoms with Gasteiger partial charge in [0.1, 0.15) is 94.7 Å². The maximum atomic E-state index is 13.8. The topological polar surface area (TPSA) is 139 Å². The van der Waals surface area contributed by atoms with Crippen LogP contribution in [-0.4, -0.2) is 38.2 Å². The minimum Gasteiger partial charge on any atom is -0.438 e. The van der Waals surface area contributed by atoms with E-state index in [4.69, 9.17) is 17.7 Å². The van der Waals surface area contributed by atoms with Crippen molar-refractivity contribution in [3.8, 4) is 102 Å². The summed E-state index contributed by atoms with van der Waals surface area (Å²) in [6, 6.07) is 90.3. The SMILES string of the molecule is Cc1cc2c(cc1-c1n(-c3c(-c4ccccc4)cccc3-c3ccccc3)cc[n+]1C)oc1nc(F)ccc12.Cc1cc2c(cc1-c1n(-c3c(C(C)C)cccc3C(C)C)cc[n+]1C)oc1nc(F)ccc12.Cc1cc2c(cc1-c1n(-c3ccccc3-c3ccccc3)cc[n+]1C)oc1nc(F)ccc12.Cc1cc2c(cc1-c1n(-c3ccccc3C(C)C)cc[n+]1C)oc1nc(F)ccc12. The van der Waals surface area contributed by atoms with Gasteiger partial charge in [0.25, 0.3) is 23.3 Å². The molecule has 0 saturated carbocycles. The normalized spacial score (nSPS) is 11.7. The van der Waals surface area contributed by atoms with Crippen LogP contribution in [0, 0.1) is 51.5 Å². The van der Waals surface area contributed by atoms with E-state index in [-0.39, 0.29) is 0 Å². The van der Waals surface area contributed by atoms with Gasteiger partial charge < -0.3 is 17.7 Å². The largest absolute Gasteiger partial charge is 0.438 e. The van der Waals surface area contributed by atoms with Crippen LogP contribution in [0.15, 0.2) is 340 Å². The minimum atomic E-state index is -0.551. The van der Waals surface area contributed by atoms with Crippen LogP contribution >= 0.6 is 0 Å². The van der Waals surface area contributed by atoms with Crippen LogP contribution in [0.25, 0.3) is 190 Å². The summed E-state index contributed by atoms with van der Waals surface area (Å²) < 4.78 is 96.0. The molecule has 23 aromatic rings. The third kappa shape index (κ3) is 16.0. The first kappa shape index (κ1) is 86.8. The van der Waals surface area contributed by atoms with Crippen LogP contribution in [-0.2, 0) is 28.2 Å². The second kappa shape index (κ2) is 35.5. The van der Waals surface area contributed by atoms with E-state index in [0.717, 1.165) is 161 Å². The fourth-order valence-corrected chi connectivity index (χ4v) is 19.1. The van der Waals surface area contributed by atoms with Crippen molar-refractivity contribution in [2.75, 3.05) is 0 Å². The number of para-hydroxylation sites is 4. The highest BCUT2D eigenvalue weighted by Gasteiger charge is 2.33. The third-order valence-electron chi connectivity index (χ3n) is 25.7. The van der Waals surface area contributed by atoms with E-state index in [9.17, 15) is 17.6 Å². The number of pyridine rings is 4. The quantitative estimate of drug-likeness (QED) is 0.0596. The van der Waals surface area contributed by atoms with E-state index < -0.39 is 23.8 Å². The lowest BCUT2D eigenvalue weighted by Gasteiger charge is -2.18. The monoisotopic (exact) mass is 1790 g/mol. The van der Waals surface area contributed by atoms with Crippen LogP contribution in [0.5, 0.6) is 0 Å². The van der Waals surface area contributed by atoms with E-state index >= 15 is 0 Å². The summed E-state index contributed by atoms with van der Waals surface area (Å²) in [5.41, 5.74) is 28.1. The van der Waals surface area contributed by atoms with Crippen molar-refractivity contribution in [3.05, 3.63) is 385 Å². The summed E-state index contributed by atoms with van der Waals surface area (Å²) in [4.78, 5) is 15.7. The van der Waals surface area contributed by atoms with Gasteiger partial charge in [-0.2, -0.15) is 55.8 Å². The summed E-state index contributed by atoms with van der Waals surface area (Å²) >= 11 is 0. The molecule has 0 saturated heterocycles. The highest BCUT2D eigenvalue weighted by Crippen LogP contribution is 2.44. The van der Waals surface area contributed by atoms with Gasteiger partial charge in [0.15, 0.2) is 0 Å². The van der Waals surface area contributed by atoms with Crippen molar-refractivity contribution in [2.24, 2.45) is 28.2 Å². The maximum absolute atomic E-state index is 13.8. The van der Waals surface area contributed by atoms with Crippen molar-refractivity contribution >= 4 is 88.3 Å². The molecule has 20 heteroatoms. The fraction of sp³-hybridized carbons (Fsp3) is 0.148. The van der Waals surface area contributed by atoms with Crippen LogP contribution in [0.4, 0.5) is 17.6 Å². The number of benzene rings is 11. The van der Waals surface area contributed by atoms with Gasteiger partial charge in [-0.3, -0.25) is 0 Å². The average molecular weight is 1790 g/mol. The lowest BCUT2D eigenvalue weighted by Crippen LogP contribution is -2.29. The summed E-state index contributed by atoms with van der Waals surface area (Å²) in [6.07, 6.45) is 16.7. The molecule has 0 unspecified atom stereocenters. The Hall–Kier alpha value is -16.2. The first-order chi connectivity index (χ1) is 65.4. The first-order valence-corrected chi connectivity index (χ1v) is 45.3. The number of halogens is 4. The summed E-state index contributed by atoms with van der Waals surface area (Å²) in [6.45, 7) is 21.8. The number of nitrogens with zero attached hydrogens (tertiary/aromatic N) is 12. The average Bonchev–Trinajstić information content (AvgIpc) is 1.62. The van der Waals surface area contributed by atoms with E-state index in [1.54, 1.807) is 24.3 Å². The Bertz CT molecular complexity index is 8440. The molecule has 0 fully saturated rings. The van der Waals surface area contributed by atoms with Gasteiger partial charge >= 0.3 is 0 Å². The van der Waals surface area contributed by atoms with Gasteiger partial charge in [0, 0.05) is 76.5 Å². The van der Waals surface area contributed by atoms with Crippen molar-refractivity contribution in [2.45, 2.75) is 87.0 Å². The Balaban J connectivity index is 0.000000112. The molecule has 0 aliphatic heterocycles. The molecule has 12 aromatic heterocycles. The number of fused-ring (bicyclic) bond motifs is 12. The zero-order chi connectivity index (χ0) is 93.5. The lowest BCUT2D eigenvalue weighted by atomic mass is 9.92. The second-order valence-electron chi connectivity index (χ2n) is 35.5. The Morgan fingerprint density at radius 3 is 0.867 bits per heavy atom. The molecule has 0 atom stereocenters. The molecule has 0 N–H and O–H groups in total. The number of hydrogen-bond acceptors (Lipinski definition) is 8. The fourth-order valence-electron chi connectivity index (χ4n) is 19.1. The summed E-state index contributed by atoms with van der Waals surface area (Å²) in [7, 11) is 8.20. The summed E-state index contributed by atoms with van der Waals surface area (Å²) in [5, 5.41) is 7.03. The smallest absolute Gasteiger partial charge is 0.294 e. The Morgan fingerprint density at radius 2 is 0.519 bits per heavy atom. The van der Waals surface area contributed by atoms with Gasteiger partial charge in [-0.25, -0.2) is 18.3 Å². The molecule has 23 rings (SSSR count). The number of rotatable bonds is 14. The number of aromatic nitrogens is 12. The Labute approximate surface area is 777 Å². The number of hydrogen-bond donors (Lipinski definition) is 0. The van der Waals surface area contributed by atoms with Crippen LogP contribution in [0.2, 0.25) is 0 Å². The first-order valence-electron chi connectivity index (χ1n) is 45.3. The molecule has 0 spiro atoms. The van der Waals surface area contributed by atoms with Crippen molar-refractivity contribution in [3.63, 3.8) is 0 Å². The van der Waals surface area contributed by atoms with Gasteiger partial charge in [-0.1, -0.05) is 205 Å². The zero-order valence-corrected chi connectivity index (χ0v) is 77.3. The van der Waals surface area contributed by atoms with Gasteiger partial charge in [0.05, 0.1) is 50.4 Å². The minimum absolute atomic E-state index is 0.307.